The average Bonchev–Trinajstić information content (AvgIpc) is 3.28. The SMILES string of the molecule is COc1cc2nc(C)nc(NC(C)c3ccc(-c4ccccc4C(C)(C)N)s3)c2cc1OC. The second-order valence-electron chi connectivity index (χ2n) is 8.68. The van der Waals surface area contributed by atoms with Gasteiger partial charge >= 0.3 is 0 Å². The molecule has 0 aliphatic rings. The number of thiophene rings is 1. The first-order chi connectivity index (χ1) is 15.7. The Labute approximate surface area is 198 Å². The van der Waals surface area contributed by atoms with E-state index in [0.717, 1.165) is 22.3 Å². The Bertz CT molecular complexity index is 1290. The van der Waals surface area contributed by atoms with Crippen LogP contribution in [0.25, 0.3) is 21.3 Å². The molecule has 1 unspecified atom stereocenters. The fourth-order valence-corrected chi connectivity index (χ4v) is 5.00. The number of nitrogens with zero attached hydrogens (tertiary/aromatic N) is 2. The van der Waals surface area contributed by atoms with Gasteiger partial charge in [-0.1, -0.05) is 24.3 Å². The maximum atomic E-state index is 6.43. The minimum absolute atomic E-state index is 0.0485. The number of fused-ring (bicyclic) bond motifs is 1. The summed E-state index contributed by atoms with van der Waals surface area (Å²) in [5.41, 5.74) is 9.14. The molecule has 0 saturated carbocycles. The van der Waals surface area contributed by atoms with Gasteiger partial charge in [0.25, 0.3) is 0 Å². The van der Waals surface area contributed by atoms with E-state index in [4.69, 9.17) is 15.2 Å². The number of nitrogens with one attached hydrogen (secondary N) is 1. The summed E-state index contributed by atoms with van der Waals surface area (Å²) in [4.78, 5) is 11.7. The summed E-state index contributed by atoms with van der Waals surface area (Å²) in [5, 5.41) is 4.46. The second-order valence-corrected chi connectivity index (χ2v) is 9.79. The van der Waals surface area contributed by atoms with Crippen LogP contribution < -0.4 is 20.5 Å². The molecule has 0 fully saturated rings. The van der Waals surface area contributed by atoms with Gasteiger partial charge in [-0.3, -0.25) is 0 Å². The fourth-order valence-electron chi connectivity index (χ4n) is 3.95. The number of hydrogen-bond acceptors (Lipinski definition) is 7. The van der Waals surface area contributed by atoms with Gasteiger partial charge in [-0.15, -0.1) is 11.3 Å². The molecule has 33 heavy (non-hydrogen) atoms. The Morgan fingerprint density at radius 1 is 1.00 bits per heavy atom. The third-order valence-corrected chi connectivity index (χ3v) is 6.91. The number of aryl methyl sites for hydroxylation is 1. The molecule has 2 heterocycles. The highest BCUT2D eigenvalue weighted by Gasteiger charge is 2.21. The van der Waals surface area contributed by atoms with Gasteiger partial charge in [-0.25, -0.2) is 9.97 Å². The van der Waals surface area contributed by atoms with Crippen molar-refractivity contribution in [3.63, 3.8) is 0 Å². The van der Waals surface area contributed by atoms with Crippen LogP contribution in [-0.2, 0) is 5.54 Å². The number of hydrogen-bond donors (Lipinski definition) is 2. The molecule has 0 bridgehead atoms. The molecular weight excluding hydrogens is 432 g/mol. The monoisotopic (exact) mass is 462 g/mol. The number of methoxy groups -OCH3 is 2. The zero-order valence-corrected chi connectivity index (χ0v) is 20.7. The normalized spacial score (nSPS) is 12.6. The van der Waals surface area contributed by atoms with Gasteiger partial charge in [0.05, 0.1) is 25.8 Å². The number of rotatable bonds is 7. The summed E-state index contributed by atoms with van der Waals surface area (Å²) in [7, 11) is 3.25. The molecule has 0 saturated heterocycles. The van der Waals surface area contributed by atoms with Gasteiger partial charge in [-0.2, -0.15) is 0 Å². The summed E-state index contributed by atoms with van der Waals surface area (Å²) in [6.45, 7) is 8.10. The van der Waals surface area contributed by atoms with Crippen molar-refractivity contribution in [2.24, 2.45) is 5.73 Å². The van der Waals surface area contributed by atoms with Crippen LogP contribution in [0.5, 0.6) is 11.5 Å². The average molecular weight is 463 g/mol. The van der Waals surface area contributed by atoms with E-state index in [1.54, 1.807) is 25.6 Å². The zero-order chi connectivity index (χ0) is 23.8. The topological polar surface area (TPSA) is 82.3 Å². The summed E-state index contributed by atoms with van der Waals surface area (Å²) in [6, 6.07) is 16.5. The first kappa shape index (κ1) is 23.0. The maximum Gasteiger partial charge on any atom is 0.162 e. The lowest BCUT2D eigenvalue weighted by Crippen LogP contribution is -2.29. The molecule has 0 amide bonds. The molecule has 6 nitrogen and oxygen atoms in total. The van der Waals surface area contributed by atoms with Crippen molar-refractivity contribution in [1.82, 2.24) is 9.97 Å². The van der Waals surface area contributed by atoms with E-state index in [-0.39, 0.29) is 6.04 Å². The molecule has 0 aliphatic carbocycles. The Morgan fingerprint density at radius 2 is 1.70 bits per heavy atom. The maximum absolute atomic E-state index is 6.43. The van der Waals surface area contributed by atoms with E-state index < -0.39 is 5.54 Å². The number of benzene rings is 2. The van der Waals surface area contributed by atoms with Crippen molar-refractivity contribution >= 4 is 28.1 Å². The van der Waals surface area contributed by atoms with Crippen LogP contribution in [0.2, 0.25) is 0 Å². The predicted octanol–water partition coefficient (Wildman–Crippen LogP) is 6.05. The van der Waals surface area contributed by atoms with Crippen molar-refractivity contribution in [2.45, 2.75) is 39.3 Å². The third kappa shape index (κ3) is 4.65. The number of aromatic nitrogens is 2. The van der Waals surface area contributed by atoms with E-state index in [2.05, 4.69) is 52.5 Å². The van der Waals surface area contributed by atoms with Crippen LogP contribution in [0.3, 0.4) is 0 Å². The highest BCUT2D eigenvalue weighted by atomic mass is 32.1. The summed E-state index contributed by atoms with van der Waals surface area (Å²) >= 11 is 1.76. The molecule has 0 radical (unpaired) electrons. The van der Waals surface area contributed by atoms with Crippen LogP contribution >= 0.6 is 11.3 Å². The van der Waals surface area contributed by atoms with Crippen LogP contribution in [0.15, 0.2) is 48.5 Å². The van der Waals surface area contributed by atoms with E-state index in [0.29, 0.717) is 17.3 Å². The largest absolute Gasteiger partial charge is 0.493 e. The highest BCUT2D eigenvalue weighted by Crippen LogP contribution is 2.38. The first-order valence-electron chi connectivity index (χ1n) is 10.9. The Hall–Kier alpha value is -3.16. The van der Waals surface area contributed by atoms with E-state index in [9.17, 15) is 0 Å². The van der Waals surface area contributed by atoms with Crippen molar-refractivity contribution in [2.75, 3.05) is 19.5 Å². The number of ether oxygens (including phenoxy) is 2. The number of nitrogens with two attached hydrogens (primary N) is 1. The van der Waals surface area contributed by atoms with Crippen LogP contribution in [0.4, 0.5) is 5.82 Å². The first-order valence-corrected chi connectivity index (χ1v) is 11.7. The second kappa shape index (κ2) is 9.00. The van der Waals surface area contributed by atoms with Gasteiger partial charge in [0, 0.05) is 26.7 Å². The molecule has 4 aromatic rings. The molecule has 0 aliphatic heterocycles. The van der Waals surface area contributed by atoms with Crippen molar-refractivity contribution in [1.29, 1.82) is 0 Å². The molecule has 4 rings (SSSR count). The van der Waals surface area contributed by atoms with E-state index >= 15 is 0 Å². The lowest BCUT2D eigenvalue weighted by molar-refractivity contribution is 0.356. The molecule has 172 valence electrons. The summed E-state index contributed by atoms with van der Waals surface area (Å²) in [5.74, 6) is 2.75. The molecule has 2 aromatic heterocycles. The van der Waals surface area contributed by atoms with E-state index in [1.165, 1.54) is 15.3 Å². The Morgan fingerprint density at radius 3 is 2.39 bits per heavy atom. The molecule has 3 N–H and O–H groups in total. The van der Waals surface area contributed by atoms with Crippen LogP contribution in [0.1, 0.15) is 43.1 Å². The minimum Gasteiger partial charge on any atom is -0.493 e. The van der Waals surface area contributed by atoms with Crippen molar-refractivity contribution < 1.29 is 9.47 Å². The predicted molar refractivity (Wildman–Crippen MR) is 136 cm³/mol. The van der Waals surface area contributed by atoms with Crippen LogP contribution in [0, 0.1) is 6.92 Å². The van der Waals surface area contributed by atoms with Gasteiger partial charge in [0.2, 0.25) is 0 Å². The molecule has 2 aromatic carbocycles. The zero-order valence-electron chi connectivity index (χ0n) is 19.9. The molecule has 1 atom stereocenters. The molecular formula is C26H30N4O2S. The summed E-state index contributed by atoms with van der Waals surface area (Å²) in [6.07, 6.45) is 0. The van der Waals surface area contributed by atoms with Gasteiger partial charge in [-0.05, 0) is 57.0 Å². The lowest BCUT2D eigenvalue weighted by atomic mass is 9.90. The molecule has 7 heteroatoms. The minimum atomic E-state index is -0.415. The standard InChI is InChI=1S/C26H30N4O2S/c1-15(23-11-12-24(33-23)17-9-7-8-10-19(17)26(3,4)27)28-25-18-13-21(31-5)22(32-6)14-20(18)29-16(2)30-25/h7-15H,27H2,1-6H3,(H,28,29,30). The Balaban J connectivity index is 1.68. The third-order valence-electron chi connectivity index (χ3n) is 5.61. The van der Waals surface area contributed by atoms with Crippen molar-refractivity contribution in [3.8, 4) is 21.9 Å². The summed E-state index contributed by atoms with van der Waals surface area (Å²) < 4.78 is 10.9. The quantitative estimate of drug-likeness (QED) is 0.348. The van der Waals surface area contributed by atoms with Crippen molar-refractivity contribution in [3.05, 3.63) is 64.8 Å². The van der Waals surface area contributed by atoms with Gasteiger partial charge in [0.1, 0.15) is 11.6 Å². The van der Waals surface area contributed by atoms with E-state index in [1.807, 2.05) is 39.0 Å². The lowest BCUT2D eigenvalue weighted by Gasteiger charge is -2.22. The fraction of sp³-hybridized carbons (Fsp3) is 0.308. The van der Waals surface area contributed by atoms with Gasteiger partial charge < -0.3 is 20.5 Å². The van der Waals surface area contributed by atoms with Gasteiger partial charge in [0.15, 0.2) is 11.5 Å². The highest BCUT2D eigenvalue weighted by molar-refractivity contribution is 7.15. The molecule has 0 spiro atoms. The number of anilines is 1. The van der Waals surface area contributed by atoms with Crippen LogP contribution in [-0.4, -0.2) is 24.2 Å². The smallest absolute Gasteiger partial charge is 0.162 e. The Kier molecular flexibility index (Phi) is 6.28.